The first-order valence-electron chi connectivity index (χ1n) is 8.79. The van der Waals surface area contributed by atoms with E-state index in [4.69, 9.17) is 11.6 Å². The summed E-state index contributed by atoms with van der Waals surface area (Å²) in [5.74, 6) is 0. The Morgan fingerprint density at radius 1 is 1.16 bits per heavy atom. The fraction of sp³-hybridized carbons (Fsp3) is 0.474. The van der Waals surface area contributed by atoms with Crippen molar-refractivity contribution in [3.05, 3.63) is 58.9 Å². The van der Waals surface area contributed by atoms with Crippen molar-refractivity contribution < 1.29 is 8.42 Å². The maximum atomic E-state index is 12.4. The van der Waals surface area contributed by atoms with Crippen molar-refractivity contribution in [1.82, 2.24) is 8.87 Å². The Balaban J connectivity index is 1.80. The highest BCUT2D eigenvalue weighted by atomic mass is 35.5. The molecule has 0 spiro atoms. The lowest BCUT2D eigenvalue weighted by Gasteiger charge is -2.32. The molecule has 0 aliphatic heterocycles. The van der Waals surface area contributed by atoms with Gasteiger partial charge in [-0.2, -0.15) is 4.31 Å². The lowest BCUT2D eigenvalue weighted by atomic mass is 9.95. The first-order chi connectivity index (χ1) is 11.9. The molecule has 3 rings (SSSR count). The molecule has 136 valence electrons. The Bertz CT molecular complexity index is 810. The van der Waals surface area contributed by atoms with Crippen LogP contribution in [0.5, 0.6) is 0 Å². The van der Waals surface area contributed by atoms with Crippen LogP contribution >= 0.6 is 11.6 Å². The molecule has 0 saturated heterocycles. The Morgan fingerprint density at radius 2 is 1.92 bits per heavy atom. The molecule has 1 heterocycles. The number of nitrogens with zero attached hydrogens (tertiary/aromatic N) is 2. The van der Waals surface area contributed by atoms with Crippen molar-refractivity contribution in [2.45, 2.75) is 51.2 Å². The van der Waals surface area contributed by atoms with E-state index >= 15 is 0 Å². The monoisotopic (exact) mass is 380 g/mol. The first-order valence-corrected chi connectivity index (χ1v) is 11.0. The van der Waals surface area contributed by atoms with Gasteiger partial charge in [0.05, 0.1) is 12.8 Å². The maximum absolute atomic E-state index is 12.4. The molecule has 1 aromatic carbocycles. The van der Waals surface area contributed by atoms with Gasteiger partial charge in [-0.3, -0.25) is 0 Å². The van der Waals surface area contributed by atoms with Gasteiger partial charge in [-0.1, -0.05) is 43.0 Å². The van der Waals surface area contributed by atoms with Crippen molar-refractivity contribution in [3.8, 4) is 0 Å². The Kier molecular flexibility index (Phi) is 5.87. The van der Waals surface area contributed by atoms with Crippen molar-refractivity contribution in [1.29, 1.82) is 0 Å². The fourth-order valence-electron chi connectivity index (χ4n) is 3.63. The second-order valence-corrected chi connectivity index (χ2v) is 9.23. The van der Waals surface area contributed by atoms with E-state index in [-0.39, 0.29) is 6.04 Å². The zero-order valence-corrected chi connectivity index (χ0v) is 16.1. The molecule has 1 fully saturated rings. The first kappa shape index (κ1) is 18.5. The van der Waals surface area contributed by atoms with E-state index in [1.807, 2.05) is 42.6 Å². The van der Waals surface area contributed by atoms with Crippen LogP contribution in [0.25, 0.3) is 0 Å². The van der Waals surface area contributed by atoms with E-state index in [1.54, 1.807) is 4.31 Å². The summed E-state index contributed by atoms with van der Waals surface area (Å²) in [5, 5.41) is 0.714. The molecule has 0 unspecified atom stereocenters. The zero-order chi connectivity index (χ0) is 17.9. The van der Waals surface area contributed by atoms with Gasteiger partial charge in [-0.05, 0) is 42.7 Å². The van der Waals surface area contributed by atoms with Crippen LogP contribution in [0.1, 0.15) is 43.4 Å². The van der Waals surface area contributed by atoms with Gasteiger partial charge in [-0.25, -0.2) is 8.42 Å². The molecule has 1 aromatic heterocycles. The molecule has 25 heavy (non-hydrogen) atoms. The van der Waals surface area contributed by atoms with E-state index in [1.165, 1.54) is 12.7 Å². The summed E-state index contributed by atoms with van der Waals surface area (Å²) in [6, 6.07) is 11.9. The predicted octanol–water partition coefficient (Wildman–Crippen LogP) is 4.28. The summed E-state index contributed by atoms with van der Waals surface area (Å²) in [7, 11) is -3.24. The molecular formula is C19H25ClN2O2S. The highest BCUT2D eigenvalue weighted by Gasteiger charge is 2.28. The third-order valence-electron chi connectivity index (χ3n) is 4.89. The van der Waals surface area contributed by atoms with E-state index in [0.717, 1.165) is 36.9 Å². The van der Waals surface area contributed by atoms with Crippen LogP contribution in [0.4, 0.5) is 0 Å². The summed E-state index contributed by atoms with van der Waals surface area (Å²) in [5.41, 5.74) is 2.12. The SMILES string of the molecule is CS(=O)(=O)N(Cc1cccn1Cc1cccc(Cl)c1)C1CCCCC1. The molecule has 1 saturated carbocycles. The van der Waals surface area contributed by atoms with Gasteiger partial charge in [0.25, 0.3) is 0 Å². The van der Waals surface area contributed by atoms with Crippen LogP contribution in [-0.4, -0.2) is 29.6 Å². The number of hydrogen-bond acceptors (Lipinski definition) is 2. The van der Waals surface area contributed by atoms with Gasteiger partial charge in [-0.15, -0.1) is 0 Å². The molecular weight excluding hydrogens is 356 g/mol. The molecule has 6 heteroatoms. The average Bonchev–Trinajstić information content (AvgIpc) is 2.99. The number of sulfonamides is 1. The number of benzene rings is 1. The summed E-state index contributed by atoms with van der Waals surface area (Å²) in [6.45, 7) is 1.11. The quantitative estimate of drug-likeness (QED) is 0.750. The molecule has 4 nitrogen and oxygen atoms in total. The second kappa shape index (κ2) is 7.94. The van der Waals surface area contributed by atoms with Crippen molar-refractivity contribution in [2.24, 2.45) is 0 Å². The average molecular weight is 381 g/mol. The van der Waals surface area contributed by atoms with Crippen molar-refractivity contribution in [3.63, 3.8) is 0 Å². The van der Waals surface area contributed by atoms with Crippen LogP contribution in [0.15, 0.2) is 42.6 Å². The third kappa shape index (κ3) is 4.87. The van der Waals surface area contributed by atoms with E-state index < -0.39 is 10.0 Å². The largest absolute Gasteiger partial charge is 0.346 e. The van der Waals surface area contributed by atoms with Crippen LogP contribution in [-0.2, 0) is 23.1 Å². The molecule has 0 bridgehead atoms. The van der Waals surface area contributed by atoms with Gasteiger partial charge in [0.2, 0.25) is 10.0 Å². The fourth-order valence-corrected chi connectivity index (χ4v) is 4.96. The van der Waals surface area contributed by atoms with E-state index in [2.05, 4.69) is 4.57 Å². The molecule has 0 amide bonds. The maximum Gasteiger partial charge on any atom is 0.211 e. The van der Waals surface area contributed by atoms with Gasteiger partial charge < -0.3 is 4.57 Å². The Hall–Kier alpha value is -1.30. The van der Waals surface area contributed by atoms with Gasteiger partial charge in [0, 0.05) is 29.5 Å². The molecule has 0 N–H and O–H groups in total. The highest BCUT2D eigenvalue weighted by molar-refractivity contribution is 7.88. The number of hydrogen-bond donors (Lipinski definition) is 0. The lowest BCUT2D eigenvalue weighted by molar-refractivity contribution is 0.245. The minimum absolute atomic E-state index is 0.123. The molecule has 0 radical (unpaired) electrons. The standard InChI is InChI=1S/C19H25ClN2O2S/c1-25(23,24)22(18-9-3-2-4-10-18)15-19-11-6-12-21(19)14-16-7-5-8-17(20)13-16/h5-8,11-13,18H,2-4,9-10,14-15H2,1H3. The predicted molar refractivity (Wildman–Crippen MR) is 102 cm³/mol. The van der Waals surface area contributed by atoms with Crippen LogP contribution < -0.4 is 0 Å². The smallest absolute Gasteiger partial charge is 0.211 e. The van der Waals surface area contributed by atoms with Crippen molar-refractivity contribution in [2.75, 3.05) is 6.26 Å². The highest BCUT2D eigenvalue weighted by Crippen LogP contribution is 2.26. The second-order valence-electron chi connectivity index (χ2n) is 6.86. The lowest BCUT2D eigenvalue weighted by Crippen LogP contribution is -2.40. The molecule has 1 aliphatic rings. The molecule has 0 atom stereocenters. The van der Waals surface area contributed by atoms with Gasteiger partial charge in [0.1, 0.15) is 0 Å². The summed E-state index contributed by atoms with van der Waals surface area (Å²) in [4.78, 5) is 0. The van der Waals surface area contributed by atoms with Crippen LogP contribution in [0.3, 0.4) is 0 Å². The normalized spacial score (nSPS) is 16.4. The van der Waals surface area contributed by atoms with E-state index in [9.17, 15) is 8.42 Å². The minimum Gasteiger partial charge on any atom is -0.346 e. The molecule has 1 aliphatic carbocycles. The Labute approximate surface area is 155 Å². The summed E-state index contributed by atoms with van der Waals surface area (Å²) in [6.07, 6.45) is 8.67. The third-order valence-corrected chi connectivity index (χ3v) is 6.41. The van der Waals surface area contributed by atoms with Crippen LogP contribution in [0, 0.1) is 0 Å². The summed E-state index contributed by atoms with van der Waals surface area (Å²) < 4.78 is 28.5. The number of aromatic nitrogens is 1. The summed E-state index contributed by atoms with van der Waals surface area (Å²) >= 11 is 6.07. The van der Waals surface area contributed by atoms with Crippen molar-refractivity contribution >= 4 is 21.6 Å². The van der Waals surface area contributed by atoms with Gasteiger partial charge in [0.15, 0.2) is 0 Å². The van der Waals surface area contributed by atoms with Crippen LogP contribution in [0.2, 0.25) is 5.02 Å². The Morgan fingerprint density at radius 3 is 2.60 bits per heavy atom. The van der Waals surface area contributed by atoms with Gasteiger partial charge >= 0.3 is 0 Å². The zero-order valence-electron chi connectivity index (χ0n) is 14.6. The van der Waals surface area contributed by atoms with E-state index in [0.29, 0.717) is 18.1 Å². The minimum atomic E-state index is -3.24. The number of halogens is 1. The topological polar surface area (TPSA) is 42.3 Å². The molecule has 2 aromatic rings. The number of rotatable bonds is 6.